The van der Waals surface area contributed by atoms with Gasteiger partial charge < -0.3 is 0 Å². The van der Waals surface area contributed by atoms with Gasteiger partial charge in [-0.2, -0.15) is 26.3 Å². The lowest BCUT2D eigenvalue weighted by Crippen LogP contribution is -2.72. The maximum Gasteiger partial charge on any atom is 0.462 e. The van der Waals surface area contributed by atoms with Gasteiger partial charge in [-0.3, -0.25) is 10.1 Å². The number of benzene rings is 1. The van der Waals surface area contributed by atoms with Gasteiger partial charge in [0.15, 0.2) is 0 Å². The number of carbonyl (C=O) groups is 1. The molecule has 10 heteroatoms. The van der Waals surface area contributed by atoms with Gasteiger partial charge >= 0.3 is 18.0 Å². The average Bonchev–Trinajstić information content (AvgIpc) is 2.52. The molecule has 1 heterocycles. The molecule has 0 aliphatic carbocycles. The Morgan fingerprint density at radius 3 is 2.07 bits per heavy atom. The van der Waals surface area contributed by atoms with Crippen molar-refractivity contribution >= 4 is 11.7 Å². The molecule has 146 valence electrons. The molecule has 2 rings (SSSR count). The van der Waals surface area contributed by atoms with Crippen molar-refractivity contribution in [3.05, 3.63) is 59.3 Å². The summed E-state index contributed by atoms with van der Waals surface area (Å²) in [5.41, 5.74) is -4.34. The Morgan fingerprint density at radius 1 is 0.963 bits per heavy atom. The normalized spacial score (nSPS) is 12.6. The lowest BCUT2D eigenvalue weighted by atomic mass is 10.0. The Hall–Kier alpha value is -2.78. The van der Waals surface area contributed by atoms with Crippen LogP contribution in [0.2, 0.25) is 0 Å². The zero-order valence-corrected chi connectivity index (χ0v) is 14.2. The standard InChI is InChI=1S/C17H15F6N3O/c1-10-7-8-24-13(9-10)25-15(16(18,19)20,17(21,22)23)26-14(27)12-6-4-3-5-11(12)2/h3-9H,1-2H3,(H,24,25)(H,26,27)/p+1. The molecule has 2 aromatic rings. The Kier molecular flexibility index (Phi) is 5.39. The Labute approximate surface area is 150 Å². The van der Waals surface area contributed by atoms with Crippen LogP contribution >= 0.6 is 0 Å². The molecule has 0 unspecified atom stereocenters. The first-order chi connectivity index (χ1) is 12.4. The van der Waals surface area contributed by atoms with E-state index in [4.69, 9.17) is 0 Å². The van der Waals surface area contributed by atoms with Gasteiger partial charge in [-0.15, -0.1) is 0 Å². The number of halogens is 6. The zero-order chi connectivity index (χ0) is 20.5. The van der Waals surface area contributed by atoms with Crippen LogP contribution in [0, 0.1) is 13.8 Å². The van der Waals surface area contributed by atoms with Crippen molar-refractivity contribution in [3.63, 3.8) is 0 Å². The molecule has 0 saturated carbocycles. The van der Waals surface area contributed by atoms with Crippen LogP contribution in [0.4, 0.5) is 32.2 Å². The summed E-state index contributed by atoms with van der Waals surface area (Å²) in [5, 5.41) is 2.51. The smallest absolute Gasteiger partial charge is 0.296 e. The molecule has 0 spiro atoms. The largest absolute Gasteiger partial charge is 0.462 e. The summed E-state index contributed by atoms with van der Waals surface area (Å²) < 4.78 is 81.7. The van der Waals surface area contributed by atoms with Gasteiger partial charge in [-0.1, -0.05) is 18.2 Å². The molecule has 0 fully saturated rings. The minimum atomic E-state index is -5.89. The molecule has 1 aromatic carbocycles. The van der Waals surface area contributed by atoms with Crippen LogP contribution in [0.15, 0.2) is 42.6 Å². The predicted molar refractivity (Wildman–Crippen MR) is 84.8 cm³/mol. The van der Waals surface area contributed by atoms with Crippen molar-refractivity contribution in [2.45, 2.75) is 31.9 Å². The van der Waals surface area contributed by atoms with E-state index in [2.05, 4.69) is 4.98 Å². The third kappa shape index (κ3) is 4.15. The molecule has 27 heavy (non-hydrogen) atoms. The van der Waals surface area contributed by atoms with Crippen molar-refractivity contribution in [2.24, 2.45) is 0 Å². The van der Waals surface area contributed by atoms with Crippen molar-refractivity contribution in [3.8, 4) is 0 Å². The molecule has 4 nitrogen and oxygen atoms in total. The van der Waals surface area contributed by atoms with E-state index in [1.165, 1.54) is 49.6 Å². The summed E-state index contributed by atoms with van der Waals surface area (Å²) in [7, 11) is 0. The van der Waals surface area contributed by atoms with Crippen LogP contribution in [0.5, 0.6) is 0 Å². The summed E-state index contributed by atoms with van der Waals surface area (Å²) in [6, 6.07) is 7.91. The number of hydrogen-bond acceptors (Lipinski definition) is 2. The number of aromatic nitrogens is 1. The highest BCUT2D eigenvalue weighted by atomic mass is 19.4. The molecule has 0 radical (unpaired) electrons. The second-order valence-corrected chi connectivity index (χ2v) is 5.92. The number of nitrogens with one attached hydrogen (secondary N) is 3. The number of rotatable bonds is 4. The van der Waals surface area contributed by atoms with E-state index in [0.29, 0.717) is 5.56 Å². The van der Waals surface area contributed by atoms with E-state index in [0.717, 1.165) is 17.4 Å². The van der Waals surface area contributed by atoms with E-state index in [-0.39, 0.29) is 11.1 Å². The second kappa shape index (κ2) is 7.09. The van der Waals surface area contributed by atoms with Crippen molar-refractivity contribution in [2.75, 3.05) is 5.32 Å². The van der Waals surface area contributed by atoms with Gasteiger partial charge in [0.05, 0.1) is 6.20 Å². The number of H-pyrrole nitrogens is 1. The van der Waals surface area contributed by atoms with E-state index >= 15 is 0 Å². The van der Waals surface area contributed by atoms with E-state index in [9.17, 15) is 31.1 Å². The minimum absolute atomic E-state index is 0.232. The van der Waals surface area contributed by atoms with Crippen LogP contribution in [0.1, 0.15) is 21.5 Å². The van der Waals surface area contributed by atoms with Crippen molar-refractivity contribution in [1.29, 1.82) is 0 Å². The van der Waals surface area contributed by atoms with E-state index in [1.807, 2.05) is 0 Å². The Bertz CT molecular complexity index is 818. The van der Waals surface area contributed by atoms with Gasteiger partial charge in [0, 0.05) is 11.6 Å². The second-order valence-electron chi connectivity index (χ2n) is 5.92. The van der Waals surface area contributed by atoms with Crippen LogP contribution < -0.4 is 15.6 Å². The average molecular weight is 392 g/mol. The molecular weight excluding hydrogens is 376 g/mol. The van der Waals surface area contributed by atoms with Crippen molar-refractivity contribution < 1.29 is 36.1 Å². The molecule has 3 N–H and O–H groups in total. The number of carbonyl (C=O) groups excluding carboxylic acids is 1. The number of hydrogen-bond donors (Lipinski definition) is 2. The fourth-order valence-electron chi connectivity index (χ4n) is 2.40. The summed E-state index contributed by atoms with van der Waals surface area (Å²) in [6.07, 6.45) is -10.6. The van der Waals surface area contributed by atoms with Crippen LogP contribution in [0.25, 0.3) is 0 Å². The van der Waals surface area contributed by atoms with Crippen LogP contribution in [-0.4, -0.2) is 23.9 Å². The summed E-state index contributed by atoms with van der Waals surface area (Å²) in [6.45, 7) is 2.90. The van der Waals surface area contributed by atoms with E-state index < -0.39 is 29.7 Å². The Morgan fingerprint density at radius 2 is 1.56 bits per heavy atom. The lowest BCUT2D eigenvalue weighted by molar-refractivity contribution is -0.367. The summed E-state index contributed by atoms with van der Waals surface area (Å²) in [5.74, 6) is -2.07. The number of alkyl halides is 6. The monoisotopic (exact) mass is 392 g/mol. The first kappa shape index (κ1) is 20.5. The third-order valence-corrected chi connectivity index (χ3v) is 3.82. The molecule has 1 aromatic heterocycles. The Balaban J connectivity index is 2.55. The topological polar surface area (TPSA) is 55.3 Å². The summed E-state index contributed by atoms with van der Waals surface area (Å²) >= 11 is 0. The highest BCUT2D eigenvalue weighted by Gasteiger charge is 2.76. The third-order valence-electron chi connectivity index (χ3n) is 3.82. The molecule has 1 amide bonds. The lowest BCUT2D eigenvalue weighted by Gasteiger charge is -2.34. The number of pyridine rings is 1. The maximum absolute atomic E-state index is 13.6. The van der Waals surface area contributed by atoms with E-state index in [1.54, 1.807) is 0 Å². The molecule has 0 atom stereocenters. The SMILES string of the molecule is Cc1cc[nH+]c(NC(NC(=O)c2ccccc2C)(C(F)(F)F)C(F)(F)F)c1. The molecular formula is C17H16F6N3O+. The fraction of sp³-hybridized carbons (Fsp3) is 0.294. The highest BCUT2D eigenvalue weighted by molar-refractivity contribution is 5.96. The maximum atomic E-state index is 13.6. The molecule has 0 saturated heterocycles. The molecule has 0 aliphatic rings. The van der Waals surface area contributed by atoms with Crippen molar-refractivity contribution in [1.82, 2.24) is 5.32 Å². The first-order valence-electron chi connectivity index (χ1n) is 7.65. The zero-order valence-electron chi connectivity index (χ0n) is 14.2. The fourth-order valence-corrected chi connectivity index (χ4v) is 2.40. The van der Waals surface area contributed by atoms with Gasteiger partial charge in [0.1, 0.15) is 0 Å². The number of amides is 1. The van der Waals surface area contributed by atoms with Gasteiger partial charge in [-0.05, 0) is 37.1 Å². The predicted octanol–water partition coefficient (Wildman–Crippen LogP) is 3.78. The quantitative estimate of drug-likeness (QED) is 0.615. The van der Waals surface area contributed by atoms with Crippen LogP contribution in [0.3, 0.4) is 0 Å². The number of aryl methyl sites for hydroxylation is 2. The van der Waals surface area contributed by atoms with Gasteiger partial charge in [0.2, 0.25) is 0 Å². The highest BCUT2D eigenvalue weighted by Crippen LogP contribution is 2.43. The number of anilines is 1. The van der Waals surface area contributed by atoms with Gasteiger partial charge in [0.25, 0.3) is 11.7 Å². The summed E-state index contributed by atoms with van der Waals surface area (Å²) in [4.78, 5) is 14.5. The first-order valence-corrected chi connectivity index (χ1v) is 7.65. The molecule has 0 bridgehead atoms. The minimum Gasteiger partial charge on any atom is -0.296 e. The molecule has 0 aliphatic heterocycles. The number of aromatic amines is 1. The van der Waals surface area contributed by atoms with Crippen LogP contribution in [-0.2, 0) is 0 Å². The van der Waals surface area contributed by atoms with Gasteiger partial charge in [-0.25, -0.2) is 10.3 Å².